The van der Waals surface area contributed by atoms with Crippen LogP contribution in [0.5, 0.6) is 0 Å². The van der Waals surface area contributed by atoms with Gasteiger partial charge in [0.1, 0.15) is 0 Å². The van der Waals surface area contributed by atoms with E-state index in [2.05, 4.69) is 53.9 Å². The first-order valence-electron chi connectivity index (χ1n) is 11.4. The zero-order valence-corrected chi connectivity index (χ0v) is 23.4. The van der Waals surface area contributed by atoms with E-state index in [1.165, 1.54) is 38.5 Å². The number of unbranched alkanes of at least 4 members (excludes halogenated alkanes) is 3. The Balaban J connectivity index is 3.23. The second-order valence-electron chi connectivity index (χ2n) is 9.00. The molecule has 0 amide bonds. The fraction of sp³-hybridized carbons (Fsp3) is 1.00. The minimum absolute atomic E-state index is 1.04. The molecule has 4 nitrogen and oxygen atoms in total. The van der Waals surface area contributed by atoms with Crippen molar-refractivity contribution in [3.8, 4) is 0 Å². The van der Waals surface area contributed by atoms with Crippen LogP contribution in [-0.4, -0.2) is 34.2 Å². The van der Waals surface area contributed by atoms with Crippen LogP contribution in [0.3, 0.4) is 0 Å². The molecule has 27 heavy (non-hydrogen) atoms. The Morgan fingerprint density at radius 1 is 0.407 bits per heavy atom. The highest BCUT2D eigenvalue weighted by molar-refractivity contribution is 6.93. The van der Waals surface area contributed by atoms with Gasteiger partial charge in [0.15, 0.2) is 0 Å². The zero-order valence-electron chi connectivity index (χ0n) is 19.4. The van der Waals surface area contributed by atoms with Crippen LogP contribution in [-0.2, 0) is 16.5 Å². The summed E-state index contributed by atoms with van der Waals surface area (Å²) in [5.41, 5.74) is 0. The summed E-state index contributed by atoms with van der Waals surface area (Å²) >= 11 is 0. The molecule has 0 spiro atoms. The molecule has 1 fully saturated rings. The predicted molar refractivity (Wildman–Crippen MR) is 125 cm³/mol. The van der Waals surface area contributed by atoms with Crippen molar-refractivity contribution in [3.05, 3.63) is 0 Å². The molecule has 0 radical (unpaired) electrons. The molecule has 162 valence electrons. The molecule has 1 aliphatic heterocycles. The van der Waals surface area contributed by atoms with Crippen molar-refractivity contribution in [2.24, 2.45) is 0 Å². The van der Waals surface area contributed by atoms with Gasteiger partial charge in [-0.15, -0.1) is 0 Å². The zero-order chi connectivity index (χ0) is 20.6. The van der Waals surface area contributed by atoms with Gasteiger partial charge in [-0.1, -0.05) is 72.6 Å². The average Bonchev–Trinajstić information content (AvgIpc) is 2.55. The van der Waals surface area contributed by atoms with Crippen LogP contribution >= 0.6 is 0 Å². The van der Waals surface area contributed by atoms with Gasteiger partial charge in [-0.05, 0) is 50.4 Å². The highest BCUT2D eigenvalue weighted by atomic mass is 28.5. The SMILES string of the molecule is CCCC[Si]1(C)O[Si](C)(CCC)O[Si](C)(CCCC)O[Si](C)(CCCC)O1. The highest BCUT2D eigenvalue weighted by Crippen LogP contribution is 2.38. The van der Waals surface area contributed by atoms with Crippen molar-refractivity contribution < 1.29 is 16.5 Å². The summed E-state index contributed by atoms with van der Waals surface area (Å²) in [5, 5.41) is 0. The van der Waals surface area contributed by atoms with Gasteiger partial charge in [-0.3, -0.25) is 0 Å². The summed E-state index contributed by atoms with van der Waals surface area (Å²) in [5.74, 6) is 0. The molecule has 1 rings (SSSR count). The van der Waals surface area contributed by atoms with Crippen LogP contribution in [0.1, 0.15) is 72.6 Å². The fourth-order valence-electron chi connectivity index (χ4n) is 4.27. The number of hydrogen-bond donors (Lipinski definition) is 0. The van der Waals surface area contributed by atoms with E-state index in [1.807, 2.05) is 0 Å². The van der Waals surface area contributed by atoms with Crippen LogP contribution in [0.4, 0.5) is 0 Å². The van der Waals surface area contributed by atoms with Gasteiger partial charge < -0.3 is 16.5 Å². The Morgan fingerprint density at radius 2 is 0.667 bits per heavy atom. The van der Waals surface area contributed by atoms with E-state index in [0.717, 1.165) is 30.6 Å². The molecule has 0 aromatic carbocycles. The molecular formula is C19H46O4Si4. The Hall–Kier alpha value is 0.708. The number of rotatable bonds is 11. The van der Waals surface area contributed by atoms with Crippen molar-refractivity contribution in [2.45, 2.75) is 123 Å². The van der Waals surface area contributed by atoms with E-state index in [1.54, 1.807) is 0 Å². The lowest BCUT2D eigenvalue weighted by Gasteiger charge is -2.50. The van der Waals surface area contributed by atoms with E-state index in [4.69, 9.17) is 16.5 Å². The lowest BCUT2D eigenvalue weighted by atomic mass is 10.4. The summed E-state index contributed by atoms with van der Waals surface area (Å²) in [4.78, 5) is 0. The van der Waals surface area contributed by atoms with Crippen LogP contribution in [0, 0.1) is 0 Å². The van der Waals surface area contributed by atoms with Gasteiger partial charge in [-0.25, -0.2) is 0 Å². The van der Waals surface area contributed by atoms with E-state index in [-0.39, 0.29) is 0 Å². The number of hydrogen-bond acceptors (Lipinski definition) is 4. The van der Waals surface area contributed by atoms with Crippen LogP contribution in [0.2, 0.25) is 50.4 Å². The molecule has 0 N–H and O–H groups in total. The van der Waals surface area contributed by atoms with E-state index < -0.39 is 34.2 Å². The molecule has 0 saturated carbocycles. The molecule has 1 heterocycles. The topological polar surface area (TPSA) is 36.9 Å². The highest BCUT2D eigenvalue weighted by Gasteiger charge is 2.55. The standard InChI is InChI=1S/C19H46O4Si4/c1-9-13-17-25(6)20-24(5,16-12-4)21-26(7,18-14-10-2)23-27(8,22-25)19-15-11-3/h9-19H2,1-8H3. The quantitative estimate of drug-likeness (QED) is 0.313. The van der Waals surface area contributed by atoms with E-state index >= 15 is 0 Å². The molecule has 2 unspecified atom stereocenters. The van der Waals surface area contributed by atoms with Gasteiger partial charge in [0.25, 0.3) is 0 Å². The summed E-state index contributed by atoms with van der Waals surface area (Å²) in [6.07, 6.45) is 8.15. The fourth-order valence-corrected chi connectivity index (χ4v) is 28.2. The first kappa shape index (κ1) is 25.7. The maximum Gasteiger partial charge on any atom is 0.317 e. The summed E-state index contributed by atoms with van der Waals surface area (Å²) in [6.45, 7) is 18.1. The Kier molecular flexibility index (Phi) is 10.7. The van der Waals surface area contributed by atoms with Crippen molar-refractivity contribution >= 4 is 34.2 Å². The Labute approximate surface area is 173 Å². The van der Waals surface area contributed by atoms with Crippen LogP contribution in [0.15, 0.2) is 0 Å². The lowest BCUT2D eigenvalue weighted by Crippen LogP contribution is -2.67. The monoisotopic (exact) mass is 450 g/mol. The average molecular weight is 451 g/mol. The molecular weight excluding hydrogens is 405 g/mol. The second-order valence-corrected chi connectivity index (χ2v) is 23.3. The van der Waals surface area contributed by atoms with E-state index in [0.29, 0.717) is 0 Å². The summed E-state index contributed by atoms with van der Waals surface area (Å²) in [7, 11) is -9.18. The predicted octanol–water partition coefficient (Wildman–Crippen LogP) is 7.16. The van der Waals surface area contributed by atoms with Gasteiger partial charge in [0.2, 0.25) is 0 Å². The molecule has 0 aliphatic carbocycles. The Bertz CT molecular complexity index is 414. The van der Waals surface area contributed by atoms with Crippen LogP contribution < -0.4 is 0 Å². The largest absolute Gasteiger partial charge is 0.416 e. The molecule has 2 atom stereocenters. The van der Waals surface area contributed by atoms with Gasteiger partial charge in [0.05, 0.1) is 0 Å². The van der Waals surface area contributed by atoms with Crippen molar-refractivity contribution in [1.82, 2.24) is 0 Å². The molecule has 8 heteroatoms. The third kappa shape index (κ3) is 8.53. The van der Waals surface area contributed by atoms with Crippen molar-refractivity contribution in [1.29, 1.82) is 0 Å². The maximum absolute atomic E-state index is 7.01. The van der Waals surface area contributed by atoms with Gasteiger partial charge in [-0.2, -0.15) is 0 Å². The normalized spacial score (nSPS) is 37.8. The molecule has 0 aromatic rings. The van der Waals surface area contributed by atoms with Gasteiger partial charge in [0, 0.05) is 0 Å². The van der Waals surface area contributed by atoms with Crippen molar-refractivity contribution in [3.63, 3.8) is 0 Å². The maximum atomic E-state index is 7.01. The molecule has 0 bridgehead atoms. The Morgan fingerprint density at radius 3 is 0.889 bits per heavy atom. The van der Waals surface area contributed by atoms with E-state index in [9.17, 15) is 0 Å². The minimum atomic E-state index is -2.30. The third-order valence-electron chi connectivity index (χ3n) is 5.38. The summed E-state index contributed by atoms with van der Waals surface area (Å²) < 4.78 is 28.0. The lowest BCUT2D eigenvalue weighted by molar-refractivity contribution is 0.220. The second kappa shape index (κ2) is 11.2. The molecule has 0 aromatic heterocycles. The molecule has 1 saturated heterocycles. The third-order valence-corrected chi connectivity index (χ3v) is 24.4. The smallest absolute Gasteiger partial charge is 0.317 e. The summed E-state index contributed by atoms with van der Waals surface area (Å²) in [6, 6.07) is 4.22. The molecule has 1 aliphatic rings. The van der Waals surface area contributed by atoms with Gasteiger partial charge >= 0.3 is 34.2 Å². The first-order valence-corrected chi connectivity index (χ1v) is 21.5. The first-order chi connectivity index (χ1) is 12.6. The minimum Gasteiger partial charge on any atom is -0.416 e. The van der Waals surface area contributed by atoms with Crippen molar-refractivity contribution in [2.75, 3.05) is 0 Å². The van der Waals surface area contributed by atoms with Crippen LogP contribution in [0.25, 0.3) is 0 Å².